The fourth-order valence-corrected chi connectivity index (χ4v) is 6.60. The number of allylic oxidation sites excluding steroid dienone is 12. The van der Waals surface area contributed by atoms with Crippen LogP contribution >= 0.6 is 0 Å². The second kappa shape index (κ2) is 48.7. The van der Waals surface area contributed by atoms with Crippen molar-refractivity contribution in [1.29, 1.82) is 0 Å². The maximum absolute atomic E-state index is 12.7. The van der Waals surface area contributed by atoms with Crippen LogP contribution in [0.15, 0.2) is 72.9 Å². The zero-order valence-electron chi connectivity index (χ0n) is 38.3. The first-order chi connectivity index (χ1) is 28.6. The fraction of sp³-hybridized carbons (Fsp3) is 0.736. The lowest BCUT2D eigenvalue weighted by atomic mass is 10.1. The Labute approximate surface area is 359 Å². The summed E-state index contributed by atoms with van der Waals surface area (Å²) in [5, 5.41) is 0. The Morgan fingerprint density at radius 2 is 0.810 bits per heavy atom. The monoisotopic (exact) mass is 809 g/mol. The van der Waals surface area contributed by atoms with E-state index >= 15 is 0 Å². The number of unbranched alkanes of at least 4 members (excludes halogenated alkanes) is 21. The molecule has 0 rings (SSSR count). The van der Waals surface area contributed by atoms with Crippen LogP contribution in [-0.4, -0.2) is 37.9 Å². The highest BCUT2D eigenvalue weighted by Crippen LogP contribution is 2.14. The molecule has 0 saturated carbocycles. The Morgan fingerprint density at radius 1 is 0.397 bits per heavy atom. The van der Waals surface area contributed by atoms with Gasteiger partial charge in [-0.1, -0.05) is 203 Å². The number of carbonyl (C=O) groups is 2. The average Bonchev–Trinajstić information content (AvgIpc) is 3.22. The van der Waals surface area contributed by atoms with Crippen molar-refractivity contribution in [3.63, 3.8) is 0 Å². The summed E-state index contributed by atoms with van der Waals surface area (Å²) in [6.45, 7) is 7.61. The third-order valence-electron chi connectivity index (χ3n) is 10.2. The fourth-order valence-electron chi connectivity index (χ4n) is 6.60. The molecule has 0 bridgehead atoms. The highest BCUT2D eigenvalue weighted by atomic mass is 16.6. The van der Waals surface area contributed by atoms with E-state index in [1.54, 1.807) is 0 Å². The van der Waals surface area contributed by atoms with E-state index in [-0.39, 0.29) is 25.2 Å². The van der Waals surface area contributed by atoms with Crippen LogP contribution in [0.2, 0.25) is 0 Å². The average molecular weight is 809 g/mol. The molecule has 334 valence electrons. The molecule has 5 heteroatoms. The van der Waals surface area contributed by atoms with Gasteiger partial charge < -0.3 is 14.2 Å². The molecule has 0 radical (unpaired) electrons. The van der Waals surface area contributed by atoms with Gasteiger partial charge in [-0.2, -0.15) is 0 Å². The van der Waals surface area contributed by atoms with E-state index in [0.29, 0.717) is 19.4 Å². The van der Waals surface area contributed by atoms with Gasteiger partial charge in [0.2, 0.25) is 0 Å². The van der Waals surface area contributed by atoms with Gasteiger partial charge in [-0.3, -0.25) is 9.59 Å². The van der Waals surface area contributed by atoms with Crippen LogP contribution in [0.5, 0.6) is 0 Å². The number of rotatable bonds is 44. The van der Waals surface area contributed by atoms with Crippen molar-refractivity contribution in [1.82, 2.24) is 0 Å². The normalized spacial score (nSPS) is 12.8. The molecule has 0 aliphatic heterocycles. The van der Waals surface area contributed by atoms with Gasteiger partial charge in [-0.25, -0.2) is 0 Å². The van der Waals surface area contributed by atoms with E-state index < -0.39 is 6.10 Å². The SMILES string of the molecule is CC/C=C\C/C=C\C/C=C\C/C=C\CCCCCCC(=O)OCC(COCCCCCCCC/C=C\C/C=C\CCC)OC(=O)CCCCCCCCCCCCC. The minimum absolute atomic E-state index is 0.0676. The molecule has 0 spiro atoms. The standard InChI is InChI=1S/C53H92O5/c1-4-7-10-13-16-19-22-24-26-27-28-29-32-34-37-40-43-46-52(54)57-50-51(58-53(55)47-44-41-38-35-31-21-18-15-12-9-6-3)49-56-48-45-42-39-36-33-30-25-23-20-17-14-11-8-5-2/h7,10-11,14,16,19-20,23-24,26,28-29,51H,4-6,8-9,12-13,15,17-18,21-22,25,27,30-50H2,1-3H3/b10-7-,14-11-,19-16-,23-20-,26-24-,29-28-. The second-order valence-electron chi connectivity index (χ2n) is 16.0. The molecular formula is C53H92O5. The predicted octanol–water partition coefficient (Wildman–Crippen LogP) is 16.3. The molecule has 1 atom stereocenters. The van der Waals surface area contributed by atoms with Crippen molar-refractivity contribution in [2.45, 2.75) is 232 Å². The molecule has 1 unspecified atom stereocenters. The summed E-state index contributed by atoms with van der Waals surface area (Å²) in [4.78, 5) is 25.3. The lowest BCUT2D eigenvalue weighted by Crippen LogP contribution is -2.30. The van der Waals surface area contributed by atoms with Crippen LogP contribution in [0.4, 0.5) is 0 Å². The summed E-state index contributed by atoms with van der Waals surface area (Å²) >= 11 is 0. The zero-order valence-corrected chi connectivity index (χ0v) is 38.3. The summed E-state index contributed by atoms with van der Waals surface area (Å²) in [6, 6.07) is 0. The van der Waals surface area contributed by atoms with E-state index in [1.165, 1.54) is 103 Å². The molecule has 0 aliphatic carbocycles. The van der Waals surface area contributed by atoms with E-state index in [0.717, 1.165) is 89.9 Å². The quantitative estimate of drug-likeness (QED) is 0.0348. The second-order valence-corrected chi connectivity index (χ2v) is 16.0. The van der Waals surface area contributed by atoms with Crippen LogP contribution in [-0.2, 0) is 23.8 Å². The van der Waals surface area contributed by atoms with Gasteiger partial charge in [0.25, 0.3) is 0 Å². The molecule has 0 aromatic rings. The van der Waals surface area contributed by atoms with Gasteiger partial charge in [0.1, 0.15) is 6.61 Å². The third-order valence-corrected chi connectivity index (χ3v) is 10.2. The van der Waals surface area contributed by atoms with E-state index in [4.69, 9.17) is 14.2 Å². The van der Waals surface area contributed by atoms with Gasteiger partial charge in [-0.05, 0) is 83.5 Å². The number of hydrogen-bond acceptors (Lipinski definition) is 5. The van der Waals surface area contributed by atoms with Crippen molar-refractivity contribution >= 4 is 11.9 Å². The molecule has 0 saturated heterocycles. The lowest BCUT2D eigenvalue weighted by molar-refractivity contribution is -0.163. The first kappa shape index (κ1) is 55.3. The van der Waals surface area contributed by atoms with Gasteiger partial charge in [0, 0.05) is 19.4 Å². The van der Waals surface area contributed by atoms with Crippen LogP contribution in [0.1, 0.15) is 226 Å². The minimum atomic E-state index is -0.551. The molecule has 5 nitrogen and oxygen atoms in total. The number of esters is 2. The smallest absolute Gasteiger partial charge is 0.306 e. The lowest BCUT2D eigenvalue weighted by Gasteiger charge is -2.18. The largest absolute Gasteiger partial charge is 0.462 e. The molecule has 0 N–H and O–H groups in total. The molecule has 0 fully saturated rings. The molecule has 0 heterocycles. The number of hydrogen-bond donors (Lipinski definition) is 0. The molecule has 0 aromatic carbocycles. The molecule has 0 aliphatic rings. The van der Waals surface area contributed by atoms with E-state index in [9.17, 15) is 9.59 Å². The first-order valence-electron chi connectivity index (χ1n) is 24.5. The highest BCUT2D eigenvalue weighted by molar-refractivity contribution is 5.70. The zero-order chi connectivity index (χ0) is 42.1. The van der Waals surface area contributed by atoms with Crippen molar-refractivity contribution in [3.8, 4) is 0 Å². The Kier molecular flexibility index (Phi) is 46.5. The van der Waals surface area contributed by atoms with E-state index in [2.05, 4.69) is 93.7 Å². The molecule has 0 amide bonds. The van der Waals surface area contributed by atoms with Gasteiger partial charge in [0.05, 0.1) is 6.61 Å². The number of carbonyl (C=O) groups excluding carboxylic acids is 2. The van der Waals surface area contributed by atoms with E-state index in [1.807, 2.05) is 0 Å². The Bertz CT molecular complexity index is 1050. The summed E-state index contributed by atoms with van der Waals surface area (Å²) in [5.74, 6) is -0.429. The molecule has 58 heavy (non-hydrogen) atoms. The van der Waals surface area contributed by atoms with Crippen LogP contribution < -0.4 is 0 Å². The summed E-state index contributed by atoms with van der Waals surface area (Å²) < 4.78 is 17.3. The molecule has 0 aromatic heterocycles. The molecular weight excluding hydrogens is 717 g/mol. The Balaban J connectivity index is 4.30. The highest BCUT2D eigenvalue weighted by Gasteiger charge is 2.17. The van der Waals surface area contributed by atoms with Gasteiger partial charge in [-0.15, -0.1) is 0 Å². The maximum atomic E-state index is 12.7. The summed E-state index contributed by atoms with van der Waals surface area (Å²) in [5.41, 5.74) is 0. The summed E-state index contributed by atoms with van der Waals surface area (Å²) in [6.07, 6.45) is 61.9. The van der Waals surface area contributed by atoms with Gasteiger partial charge in [0.15, 0.2) is 6.10 Å². The Hall–Kier alpha value is -2.66. The van der Waals surface area contributed by atoms with Crippen molar-refractivity contribution in [3.05, 3.63) is 72.9 Å². The third kappa shape index (κ3) is 46.0. The predicted molar refractivity (Wildman–Crippen MR) is 251 cm³/mol. The first-order valence-corrected chi connectivity index (χ1v) is 24.5. The van der Waals surface area contributed by atoms with Crippen LogP contribution in [0, 0.1) is 0 Å². The minimum Gasteiger partial charge on any atom is -0.462 e. The summed E-state index contributed by atoms with van der Waals surface area (Å²) in [7, 11) is 0. The van der Waals surface area contributed by atoms with Crippen molar-refractivity contribution in [2.75, 3.05) is 19.8 Å². The topological polar surface area (TPSA) is 61.8 Å². The van der Waals surface area contributed by atoms with Gasteiger partial charge >= 0.3 is 11.9 Å². The maximum Gasteiger partial charge on any atom is 0.306 e. The van der Waals surface area contributed by atoms with Crippen LogP contribution in [0.25, 0.3) is 0 Å². The van der Waals surface area contributed by atoms with Crippen LogP contribution in [0.3, 0.4) is 0 Å². The number of ether oxygens (including phenoxy) is 3. The van der Waals surface area contributed by atoms with Crippen molar-refractivity contribution < 1.29 is 23.8 Å². The Morgan fingerprint density at radius 3 is 1.31 bits per heavy atom. The van der Waals surface area contributed by atoms with Crippen molar-refractivity contribution in [2.24, 2.45) is 0 Å².